The molecule has 0 radical (unpaired) electrons. The minimum atomic E-state index is -0.223. The molecule has 3 aromatic carbocycles. The van der Waals surface area contributed by atoms with Gasteiger partial charge in [-0.15, -0.1) is 0 Å². The second-order valence-electron chi connectivity index (χ2n) is 6.61. The van der Waals surface area contributed by atoms with Crippen LogP contribution in [0.1, 0.15) is 28.2 Å². The molecule has 3 rings (SSSR count). The van der Waals surface area contributed by atoms with Gasteiger partial charge < -0.3 is 10.5 Å². The Hall–Kier alpha value is -2.65. The topological polar surface area (TPSA) is 35.2 Å². The molecule has 0 aliphatic heterocycles. The third-order valence-electron chi connectivity index (χ3n) is 4.52. The Balaban J connectivity index is 1.60. The molecule has 26 heavy (non-hydrogen) atoms. The van der Waals surface area contributed by atoms with Crippen molar-refractivity contribution in [1.29, 1.82) is 0 Å². The maximum absolute atomic E-state index is 13.1. The first kappa shape index (κ1) is 18.2. The van der Waals surface area contributed by atoms with Gasteiger partial charge in [0.05, 0.1) is 0 Å². The summed E-state index contributed by atoms with van der Waals surface area (Å²) in [6.07, 6.45) is 0.820. The summed E-state index contributed by atoms with van der Waals surface area (Å²) in [4.78, 5) is 0. The highest BCUT2D eigenvalue weighted by Gasteiger charge is 2.11. The van der Waals surface area contributed by atoms with Crippen molar-refractivity contribution in [3.8, 4) is 5.75 Å². The second-order valence-corrected chi connectivity index (χ2v) is 6.61. The van der Waals surface area contributed by atoms with Gasteiger partial charge in [-0.1, -0.05) is 54.1 Å². The van der Waals surface area contributed by atoms with Crippen molar-refractivity contribution in [1.82, 2.24) is 0 Å². The lowest BCUT2D eigenvalue weighted by atomic mass is 9.92. The Labute approximate surface area is 154 Å². The first-order chi connectivity index (χ1) is 12.6. The molecule has 1 atom stereocenters. The van der Waals surface area contributed by atoms with Gasteiger partial charge >= 0.3 is 0 Å². The first-order valence-electron chi connectivity index (χ1n) is 8.87. The highest BCUT2D eigenvalue weighted by atomic mass is 19.1. The van der Waals surface area contributed by atoms with E-state index < -0.39 is 0 Å². The molecule has 0 aliphatic rings. The number of rotatable bonds is 7. The van der Waals surface area contributed by atoms with Crippen molar-refractivity contribution in [2.45, 2.75) is 25.9 Å². The zero-order valence-corrected chi connectivity index (χ0v) is 15.0. The van der Waals surface area contributed by atoms with E-state index in [4.69, 9.17) is 10.5 Å². The molecule has 0 aromatic heterocycles. The molecule has 1 unspecified atom stereocenters. The Morgan fingerprint density at radius 3 is 2.31 bits per heavy atom. The Kier molecular flexibility index (Phi) is 6.03. The average molecular weight is 349 g/mol. The van der Waals surface area contributed by atoms with E-state index >= 15 is 0 Å². The van der Waals surface area contributed by atoms with Crippen molar-refractivity contribution in [3.05, 3.63) is 101 Å². The van der Waals surface area contributed by atoms with Crippen LogP contribution in [0.3, 0.4) is 0 Å². The second kappa shape index (κ2) is 8.63. The van der Waals surface area contributed by atoms with Crippen LogP contribution in [0.4, 0.5) is 4.39 Å². The van der Waals surface area contributed by atoms with Gasteiger partial charge in [0.15, 0.2) is 0 Å². The molecule has 134 valence electrons. The average Bonchev–Trinajstić information content (AvgIpc) is 2.66. The molecule has 3 aromatic rings. The number of halogens is 1. The third kappa shape index (κ3) is 4.93. The van der Waals surface area contributed by atoms with Crippen LogP contribution >= 0.6 is 0 Å². The van der Waals surface area contributed by atoms with Gasteiger partial charge in [-0.25, -0.2) is 4.39 Å². The van der Waals surface area contributed by atoms with Crippen LogP contribution in [0, 0.1) is 12.7 Å². The summed E-state index contributed by atoms with van der Waals surface area (Å²) in [6.45, 7) is 3.16. The number of hydrogen-bond acceptors (Lipinski definition) is 2. The summed E-state index contributed by atoms with van der Waals surface area (Å²) >= 11 is 0. The third-order valence-corrected chi connectivity index (χ3v) is 4.52. The van der Waals surface area contributed by atoms with Crippen molar-refractivity contribution in [3.63, 3.8) is 0 Å². The fourth-order valence-electron chi connectivity index (χ4n) is 3.05. The van der Waals surface area contributed by atoms with Crippen LogP contribution in [-0.4, -0.2) is 6.54 Å². The lowest BCUT2D eigenvalue weighted by Gasteiger charge is -2.16. The molecule has 2 nitrogen and oxygen atoms in total. The fourth-order valence-corrected chi connectivity index (χ4v) is 3.05. The Bertz CT molecular complexity index is 828. The molecule has 0 heterocycles. The highest BCUT2D eigenvalue weighted by molar-refractivity contribution is 5.31. The minimum Gasteiger partial charge on any atom is -0.489 e. The summed E-state index contributed by atoms with van der Waals surface area (Å²) in [6, 6.07) is 23.0. The smallest absolute Gasteiger partial charge is 0.123 e. The van der Waals surface area contributed by atoms with Gasteiger partial charge in [0.25, 0.3) is 0 Å². The summed E-state index contributed by atoms with van der Waals surface area (Å²) in [5.41, 5.74) is 10.6. The van der Waals surface area contributed by atoms with E-state index in [1.807, 2.05) is 30.3 Å². The predicted molar refractivity (Wildman–Crippen MR) is 104 cm³/mol. The zero-order chi connectivity index (χ0) is 18.4. The summed E-state index contributed by atoms with van der Waals surface area (Å²) in [5.74, 6) is 0.802. The van der Waals surface area contributed by atoms with Crippen molar-refractivity contribution in [2.24, 2.45) is 5.73 Å². The van der Waals surface area contributed by atoms with Crippen LogP contribution < -0.4 is 10.5 Å². The number of aryl methyl sites for hydroxylation is 1. The van der Waals surface area contributed by atoms with E-state index in [0.717, 1.165) is 23.3 Å². The molecular formula is C23H24FNO. The number of benzene rings is 3. The van der Waals surface area contributed by atoms with E-state index in [2.05, 4.69) is 37.3 Å². The van der Waals surface area contributed by atoms with E-state index in [-0.39, 0.29) is 11.7 Å². The van der Waals surface area contributed by atoms with Crippen LogP contribution in [-0.2, 0) is 13.0 Å². The monoisotopic (exact) mass is 349 g/mol. The first-order valence-corrected chi connectivity index (χ1v) is 8.87. The number of ether oxygens (including phenoxy) is 1. The molecule has 0 saturated heterocycles. The predicted octanol–water partition coefficient (Wildman–Crippen LogP) is 5.00. The lowest BCUT2D eigenvalue weighted by Crippen LogP contribution is -2.15. The molecule has 3 heteroatoms. The van der Waals surface area contributed by atoms with E-state index in [1.54, 1.807) is 0 Å². The summed E-state index contributed by atoms with van der Waals surface area (Å²) in [5, 5.41) is 0. The molecule has 0 spiro atoms. The van der Waals surface area contributed by atoms with E-state index in [0.29, 0.717) is 13.2 Å². The van der Waals surface area contributed by atoms with Crippen LogP contribution in [0.25, 0.3) is 0 Å². The van der Waals surface area contributed by atoms with Gasteiger partial charge in [0.1, 0.15) is 18.2 Å². The largest absolute Gasteiger partial charge is 0.489 e. The van der Waals surface area contributed by atoms with E-state index in [1.165, 1.54) is 23.3 Å². The number of nitrogens with two attached hydrogens (primary N) is 1. The van der Waals surface area contributed by atoms with Crippen molar-refractivity contribution in [2.75, 3.05) is 6.54 Å². The van der Waals surface area contributed by atoms with Crippen molar-refractivity contribution >= 4 is 0 Å². The molecule has 0 bridgehead atoms. The van der Waals surface area contributed by atoms with Gasteiger partial charge in [0, 0.05) is 5.92 Å². The molecule has 0 aliphatic carbocycles. The van der Waals surface area contributed by atoms with Gasteiger partial charge in [-0.2, -0.15) is 0 Å². The lowest BCUT2D eigenvalue weighted by molar-refractivity contribution is 0.306. The van der Waals surface area contributed by atoms with Gasteiger partial charge in [-0.05, 0) is 60.8 Å². The van der Waals surface area contributed by atoms with Crippen LogP contribution in [0.2, 0.25) is 0 Å². The quantitative estimate of drug-likeness (QED) is 0.651. The molecule has 0 amide bonds. The molecule has 0 fully saturated rings. The van der Waals surface area contributed by atoms with Crippen LogP contribution in [0.15, 0.2) is 72.8 Å². The molecule has 0 saturated carbocycles. The fraction of sp³-hybridized carbons (Fsp3) is 0.217. The highest BCUT2D eigenvalue weighted by Crippen LogP contribution is 2.22. The Morgan fingerprint density at radius 1 is 0.923 bits per heavy atom. The maximum atomic E-state index is 13.1. The molecular weight excluding hydrogens is 325 g/mol. The van der Waals surface area contributed by atoms with Crippen LogP contribution in [0.5, 0.6) is 5.75 Å². The zero-order valence-electron chi connectivity index (χ0n) is 15.0. The van der Waals surface area contributed by atoms with Crippen molar-refractivity contribution < 1.29 is 9.13 Å². The standard InChI is InChI=1S/C23H24FNO/c1-17-3-2-4-19(13-17)16-26-23-11-5-18(6-12-23)14-21(15-25)20-7-9-22(24)10-8-20/h2-13,21H,14-16,25H2,1H3. The maximum Gasteiger partial charge on any atom is 0.123 e. The molecule has 2 N–H and O–H groups in total. The minimum absolute atomic E-state index is 0.176. The normalized spacial score (nSPS) is 12.0. The summed E-state index contributed by atoms with van der Waals surface area (Å²) in [7, 11) is 0. The Morgan fingerprint density at radius 2 is 1.65 bits per heavy atom. The van der Waals surface area contributed by atoms with Gasteiger partial charge in [0.2, 0.25) is 0 Å². The number of hydrogen-bond donors (Lipinski definition) is 1. The summed E-state index contributed by atoms with van der Waals surface area (Å²) < 4.78 is 19.0. The van der Waals surface area contributed by atoms with Gasteiger partial charge in [-0.3, -0.25) is 0 Å². The SMILES string of the molecule is Cc1cccc(COc2ccc(CC(CN)c3ccc(F)cc3)cc2)c1. The van der Waals surface area contributed by atoms with E-state index in [9.17, 15) is 4.39 Å².